The molecule has 3 nitrogen and oxygen atoms in total. The van der Waals surface area contributed by atoms with Gasteiger partial charge in [0.1, 0.15) is 5.82 Å². The van der Waals surface area contributed by atoms with Crippen LogP contribution in [0.25, 0.3) is 10.9 Å². The van der Waals surface area contributed by atoms with Crippen molar-refractivity contribution in [3.63, 3.8) is 0 Å². The highest BCUT2D eigenvalue weighted by Gasteiger charge is 2.20. The molecule has 0 spiro atoms. The number of aromatic nitrogens is 1. The molecule has 100 valence electrons. The summed E-state index contributed by atoms with van der Waals surface area (Å²) in [5.41, 5.74) is 8.15. The molecule has 1 unspecified atom stereocenters. The van der Waals surface area contributed by atoms with Crippen LogP contribution >= 0.6 is 0 Å². The zero-order valence-corrected chi connectivity index (χ0v) is 11.5. The minimum Gasteiger partial charge on any atom is -0.354 e. The Morgan fingerprint density at radius 1 is 1.32 bits per heavy atom. The van der Waals surface area contributed by atoms with Crippen LogP contribution in [0.1, 0.15) is 31.7 Å². The van der Waals surface area contributed by atoms with Gasteiger partial charge in [-0.25, -0.2) is 4.98 Å². The second-order valence-electron chi connectivity index (χ2n) is 5.40. The smallest absolute Gasteiger partial charge is 0.129 e. The third-order valence-corrected chi connectivity index (χ3v) is 4.11. The van der Waals surface area contributed by atoms with Gasteiger partial charge >= 0.3 is 0 Å². The summed E-state index contributed by atoms with van der Waals surface area (Å²) in [6.45, 7) is 3.97. The van der Waals surface area contributed by atoms with E-state index in [4.69, 9.17) is 10.7 Å². The first-order chi connectivity index (χ1) is 9.29. The number of pyridine rings is 1. The van der Waals surface area contributed by atoms with Crippen molar-refractivity contribution in [2.75, 3.05) is 11.4 Å². The van der Waals surface area contributed by atoms with Crippen LogP contribution in [0.15, 0.2) is 30.3 Å². The van der Waals surface area contributed by atoms with Crippen LogP contribution in [0.3, 0.4) is 0 Å². The zero-order chi connectivity index (χ0) is 13.2. The lowest BCUT2D eigenvalue weighted by Crippen LogP contribution is -2.38. The van der Waals surface area contributed by atoms with Gasteiger partial charge in [-0.2, -0.15) is 0 Å². The van der Waals surface area contributed by atoms with Crippen molar-refractivity contribution in [1.82, 2.24) is 4.98 Å². The lowest BCUT2D eigenvalue weighted by molar-refractivity contribution is 0.481. The van der Waals surface area contributed by atoms with Crippen molar-refractivity contribution >= 4 is 16.7 Å². The predicted octanol–water partition coefficient (Wildman–Crippen LogP) is 3.07. The molecule has 3 heteroatoms. The van der Waals surface area contributed by atoms with E-state index >= 15 is 0 Å². The average molecular weight is 255 g/mol. The van der Waals surface area contributed by atoms with Gasteiger partial charge in [-0.1, -0.05) is 18.2 Å². The quantitative estimate of drug-likeness (QED) is 0.896. The lowest BCUT2D eigenvalue weighted by Gasteiger charge is -2.34. The van der Waals surface area contributed by atoms with E-state index in [1.807, 2.05) is 12.1 Å². The van der Waals surface area contributed by atoms with Gasteiger partial charge in [-0.15, -0.1) is 0 Å². The van der Waals surface area contributed by atoms with Gasteiger partial charge in [0, 0.05) is 24.5 Å². The van der Waals surface area contributed by atoms with Crippen LogP contribution in [0.4, 0.5) is 5.82 Å². The van der Waals surface area contributed by atoms with Gasteiger partial charge in [-0.05, 0) is 43.9 Å². The highest BCUT2D eigenvalue weighted by atomic mass is 15.2. The third-order valence-electron chi connectivity index (χ3n) is 4.11. The summed E-state index contributed by atoms with van der Waals surface area (Å²) >= 11 is 0. The molecule has 1 aliphatic rings. The van der Waals surface area contributed by atoms with Gasteiger partial charge in [0.25, 0.3) is 0 Å². The molecule has 3 rings (SSSR count). The molecule has 2 heterocycles. The molecule has 1 aromatic carbocycles. The second-order valence-corrected chi connectivity index (χ2v) is 5.40. The van der Waals surface area contributed by atoms with Crippen LogP contribution < -0.4 is 10.6 Å². The molecular weight excluding hydrogens is 234 g/mol. The fourth-order valence-corrected chi connectivity index (χ4v) is 2.99. The summed E-state index contributed by atoms with van der Waals surface area (Å²) < 4.78 is 0. The minimum absolute atomic E-state index is 0.568. The maximum absolute atomic E-state index is 5.90. The molecular formula is C16H21N3. The van der Waals surface area contributed by atoms with E-state index in [1.54, 1.807) is 0 Å². The van der Waals surface area contributed by atoms with Gasteiger partial charge in [0.2, 0.25) is 0 Å². The number of benzene rings is 1. The molecule has 1 atom stereocenters. The number of fused-ring (bicyclic) bond motifs is 1. The summed E-state index contributed by atoms with van der Waals surface area (Å²) in [6, 6.07) is 11.0. The lowest BCUT2D eigenvalue weighted by atomic mass is 10.0. The molecule has 0 bridgehead atoms. The van der Waals surface area contributed by atoms with Gasteiger partial charge in [0.05, 0.1) is 5.52 Å². The second kappa shape index (κ2) is 5.17. The van der Waals surface area contributed by atoms with Crippen LogP contribution in [0.5, 0.6) is 0 Å². The van der Waals surface area contributed by atoms with Crippen molar-refractivity contribution in [1.29, 1.82) is 0 Å². The Balaban J connectivity index is 2.08. The van der Waals surface area contributed by atoms with Gasteiger partial charge < -0.3 is 10.6 Å². The van der Waals surface area contributed by atoms with E-state index in [-0.39, 0.29) is 0 Å². The Kier molecular flexibility index (Phi) is 3.38. The van der Waals surface area contributed by atoms with Crippen LogP contribution in [0.2, 0.25) is 0 Å². The van der Waals surface area contributed by atoms with E-state index < -0.39 is 0 Å². The molecule has 0 radical (unpaired) electrons. The maximum atomic E-state index is 5.90. The summed E-state index contributed by atoms with van der Waals surface area (Å²) in [6.07, 6.45) is 3.85. The average Bonchev–Trinajstić information content (AvgIpc) is 2.46. The minimum atomic E-state index is 0.568. The van der Waals surface area contributed by atoms with Crippen molar-refractivity contribution < 1.29 is 0 Å². The van der Waals surface area contributed by atoms with Crippen molar-refractivity contribution in [2.24, 2.45) is 5.73 Å². The number of rotatable bonds is 2. The molecule has 1 fully saturated rings. The summed E-state index contributed by atoms with van der Waals surface area (Å²) in [5.74, 6) is 1.09. The first-order valence-electron chi connectivity index (χ1n) is 7.15. The molecule has 2 N–H and O–H groups in total. The molecule has 19 heavy (non-hydrogen) atoms. The van der Waals surface area contributed by atoms with E-state index in [9.17, 15) is 0 Å². The monoisotopic (exact) mass is 255 g/mol. The Morgan fingerprint density at radius 2 is 2.16 bits per heavy atom. The molecule has 1 saturated heterocycles. The third kappa shape index (κ3) is 2.30. The van der Waals surface area contributed by atoms with Crippen molar-refractivity contribution in [3.8, 4) is 0 Å². The zero-order valence-electron chi connectivity index (χ0n) is 11.5. The number of hydrogen-bond acceptors (Lipinski definition) is 3. The van der Waals surface area contributed by atoms with Gasteiger partial charge in [-0.3, -0.25) is 0 Å². The number of para-hydroxylation sites is 1. The summed E-state index contributed by atoms with van der Waals surface area (Å²) in [7, 11) is 0. The van der Waals surface area contributed by atoms with Gasteiger partial charge in [0.15, 0.2) is 0 Å². The van der Waals surface area contributed by atoms with Crippen molar-refractivity contribution in [3.05, 3.63) is 35.9 Å². The Morgan fingerprint density at radius 3 is 2.95 bits per heavy atom. The van der Waals surface area contributed by atoms with E-state index in [0.717, 1.165) is 17.9 Å². The summed E-state index contributed by atoms with van der Waals surface area (Å²) in [4.78, 5) is 7.25. The van der Waals surface area contributed by atoms with Crippen LogP contribution in [-0.2, 0) is 6.54 Å². The number of piperidine rings is 1. The predicted molar refractivity (Wildman–Crippen MR) is 80.3 cm³/mol. The first-order valence-corrected chi connectivity index (χ1v) is 7.15. The SMILES string of the molecule is CC1CCCCN1c1cc(CN)c2ccccc2n1. The van der Waals surface area contributed by atoms with Crippen molar-refractivity contribution in [2.45, 2.75) is 38.8 Å². The van der Waals surface area contributed by atoms with E-state index in [0.29, 0.717) is 12.6 Å². The Bertz CT molecular complexity index is 579. The fourth-order valence-electron chi connectivity index (χ4n) is 2.99. The standard InChI is InChI=1S/C16H21N3/c1-12-6-4-5-9-19(12)16-10-13(11-17)14-7-2-3-8-15(14)18-16/h2-3,7-8,10,12H,4-6,9,11,17H2,1H3. The number of nitrogens with two attached hydrogens (primary N) is 1. The maximum Gasteiger partial charge on any atom is 0.129 e. The topological polar surface area (TPSA) is 42.1 Å². The molecule has 2 aromatic rings. The number of nitrogens with zero attached hydrogens (tertiary/aromatic N) is 2. The highest BCUT2D eigenvalue weighted by molar-refractivity contribution is 5.84. The normalized spacial score (nSPS) is 19.9. The summed E-state index contributed by atoms with van der Waals surface area (Å²) in [5, 5.41) is 1.18. The van der Waals surface area contributed by atoms with E-state index in [2.05, 4.69) is 30.0 Å². The van der Waals surface area contributed by atoms with E-state index in [1.165, 1.54) is 30.2 Å². The van der Waals surface area contributed by atoms with Crippen LogP contribution in [-0.4, -0.2) is 17.6 Å². The molecule has 1 aliphatic heterocycles. The molecule has 0 saturated carbocycles. The molecule has 0 aliphatic carbocycles. The number of hydrogen-bond donors (Lipinski definition) is 1. The number of anilines is 1. The van der Waals surface area contributed by atoms with Crippen LogP contribution in [0, 0.1) is 0 Å². The fraction of sp³-hybridized carbons (Fsp3) is 0.438. The Hall–Kier alpha value is -1.61. The first kappa shape index (κ1) is 12.4. The largest absolute Gasteiger partial charge is 0.354 e. The Labute approximate surface area is 114 Å². The highest BCUT2D eigenvalue weighted by Crippen LogP contribution is 2.27. The molecule has 0 amide bonds. The molecule has 1 aromatic heterocycles.